The zero-order chi connectivity index (χ0) is 18.4. The number of benzene rings is 1. The minimum Gasteiger partial charge on any atom is -0.491 e. The average Bonchev–Trinajstić information content (AvgIpc) is 2.67. The highest BCUT2D eigenvalue weighted by atomic mass is 16.5. The first-order valence-corrected chi connectivity index (χ1v) is 9.13. The minimum absolute atomic E-state index is 0.0223. The molecule has 2 heterocycles. The number of rotatable bonds is 6. The smallest absolute Gasteiger partial charge is 0.225 e. The van der Waals surface area contributed by atoms with E-state index in [1.165, 1.54) is 0 Å². The van der Waals surface area contributed by atoms with Crippen molar-refractivity contribution in [1.29, 1.82) is 0 Å². The third-order valence-electron chi connectivity index (χ3n) is 4.72. The van der Waals surface area contributed by atoms with Crippen LogP contribution in [0.1, 0.15) is 24.0 Å². The number of amides is 1. The summed E-state index contributed by atoms with van der Waals surface area (Å²) in [6, 6.07) is 6.08. The van der Waals surface area contributed by atoms with E-state index in [1.807, 2.05) is 32.0 Å². The fourth-order valence-electron chi connectivity index (χ4n) is 3.35. The van der Waals surface area contributed by atoms with Gasteiger partial charge in [0.25, 0.3) is 0 Å². The molecule has 138 valence electrons. The largest absolute Gasteiger partial charge is 0.491 e. The van der Waals surface area contributed by atoms with Gasteiger partial charge in [0.2, 0.25) is 5.91 Å². The lowest BCUT2D eigenvalue weighted by Gasteiger charge is -2.32. The maximum atomic E-state index is 12.5. The van der Waals surface area contributed by atoms with Crippen LogP contribution >= 0.6 is 0 Å². The standard InChI is InChI=1S/C20H26N4O2/c1-15-5-3-6-16(2)19(15)26-12-10-23-20(25)17-7-4-11-24(14-17)18-13-21-8-9-22-18/h3,5-6,8-9,13,17H,4,7,10-12,14H2,1-2H3,(H,23,25)/t17-/m1/s1. The second kappa shape index (κ2) is 8.65. The molecule has 1 aliphatic rings. The van der Waals surface area contributed by atoms with E-state index in [0.29, 0.717) is 19.7 Å². The molecule has 0 saturated carbocycles. The van der Waals surface area contributed by atoms with Crippen molar-refractivity contribution < 1.29 is 9.53 Å². The topological polar surface area (TPSA) is 67.3 Å². The van der Waals surface area contributed by atoms with E-state index in [9.17, 15) is 4.79 Å². The Hall–Kier alpha value is -2.63. The van der Waals surface area contributed by atoms with E-state index in [-0.39, 0.29) is 11.8 Å². The monoisotopic (exact) mass is 354 g/mol. The Labute approximate surface area is 154 Å². The van der Waals surface area contributed by atoms with Gasteiger partial charge in [-0.25, -0.2) is 4.98 Å². The van der Waals surface area contributed by atoms with Gasteiger partial charge in [0, 0.05) is 25.5 Å². The molecule has 0 radical (unpaired) electrons. The Morgan fingerprint density at radius 1 is 1.31 bits per heavy atom. The second-order valence-corrected chi connectivity index (χ2v) is 6.71. The summed E-state index contributed by atoms with van der Waals surface area (Å²) in [6.45, 7) is 6.64. The van der Waals surface area contributed by atoms with Crippen molar-refractivity contribution in [3.05, 3.63) is 47.9 Å². The summed E-state index contributed by atoms with van der Waals surface area (Å²) in [4.78, 5) is 23.1. The summed E-state index contributed by atoms with van der Waals surface area (Å²) in [7, 11) is 0. The van der Waals surface area contributed by atoms with Crippen molar-refractivity contribution in [2.24, 2.45) is 5.92 Å². The van der Waals surface area contributed by atoms with E-state index in [0.717, 1.165) is 42.1 Å². The summed E-state index contributed by atoms with van der Waals surface area (Å²) in [5.41, 5.74) is 2.23. The van der Waals surface area contributed by atoms with E-state index in [4.69, 9.17) is 4.74 Å². The maximum absolute atomic E-state index is 12.5. The van der Waals surface area contributed by atoms with Gasteiger partial charge in [0.1, 0.15) is 18.2 Å². The predicted molar refractivity (Wildman–Crippen MR) is 101 cm³/mol. The minimum atomic E-state index is -0.0223. The molecule has 1 aromatic carbocycles. The number of ether oxygens (including phenoxy) is 1. The molecule has 0 spiro atoms. The summed E-state index contributed by atoms with van der Waals surface area (Å²) in [6.07, 6.45) is 6.98. The molecule has 0 bridgehead atoms. The van der Waals surface area contributed by atoms with Gasteiger partial charge in [0.15, 0.2) is 0 Å². The first-order valence-electron chi connectivity index (χ1n) is 9.13. The van der Waals surface area contributed by atoms with Gasteiger partial charge in [-0.3, -0.25) is 9.78 Å². The maximum Gasteiger partial charge on any atom is 0.225 e. The molecule has 1 saturated heterocycles. The molecule has 1 atom stereocenters. The van der Waals surface area contributed by atoms with E-state index < -0.39 is 0 Å². The Morgan fingerprint density at radius 2 is 2.12 bits per heavy atom. The van der Waals surface area contributed by atoms with Gasteiger partial charge in [-0.2, -0.15) is 0 Å². The van der Waals surface area contributed by atoms with Crippen molar-refractivity contribution in [1.82, 2.24) is 15.3 Å². The number of anilines is 1. The van der Waals surface area contributed by atoms with Crippen LogP contribution in [0.2, 0.25) is 0 Å². The van der Waals surface area contributed by atoms with Crippen LogP contribution in [-0.4, -0.2) is 42.1 Å². The molecule has 6 nitrogen and oxygen atoms in total. The third-order valence-corrected chi connectivity index (χ3v) is 4.72. The molecule has 1 N–H and O–H groups in total. The number of hydrogen-bond donors (Lipinski definition) is 1. The van der Waals surface area contributed by atoms with E-state index in [1.54, 1.807) is 18.6 Å². The van der Waals surface area contributed by atoms with Gasteiger partial charge in [-0.15, -0.1) is 0 Å². The van der Waals surface area contributed by atoms with Crippen LogP contribution in [0.25, 0.3) is 0 Å². The van der Waals surface area contributed by atoms with Crippen molar-refractivity contribution in [3.8, 4) is 5.75 Å². The average molecular weight is 354 g/mol. The summed E-state index contributed by atoms with van der Waals surface area (Å²) < 4.78 is 5.85. The number of carbonyl (C=O) groups is 1. The molecule has 1 fully saturated rings. The fourth-order valence-corrected chi connectivity index (χ4v) is 3.35. The van der Waals surface area contributed by atoms with Crippen molar-refractivity contribution in [2.45, 2.75) is 26.7 Å². The predicted octanol–water partition coefficient (Wildman–Crippen LogP) is 2.51. The Bertz CT molecular complexity index is 716. The van der Waals surface area contributed by atoms with Gasteiger partial charge < -0.3 is 15.0 Å². The SMILES string of the molecule is Cc1cccc(C)c1OCCNC(=O)[C@@H]1CCCN(c2cnccn2)C1. The highest BCUT2D eigenvalue weighted by molar-refractivity contribution is 5.79. The van der Waals surface area contributed by atoms with Crippen LogP contribution in [-0.2, 0) is 4.79 Å². The number of aromatic nitrogens is 2. The number of carbonyl (C=O) groups excluding carboxylic acids is 1. The Balaban J connectivity index is 1.46. The van der Waals surface area contributed by atoms with Crippen molar-refractivity contribution in [2.75, 3.05) is 31.1 Å². The lowest BCUT2D eigenvalue weighted by molar-refractivity contribution is -0.125. The van der Waals surface area contributed by atoms with E-state index >= 15 is 0 Å². The zero-order valence-corrected chi connectivity index (χ0v) is 15.4. The second-order valence-electron chi connectivity index (χ2n) is 6.71. The van der Waals surface area contributed by atoms with Gasteiger partial charge in [-0.1, -0.05) is 18.2 Å². The summed E-state index contributed by atoms with van der Waals surface area (Å²) in [5, 5.41) is 3.01. The molecule has 1 amide bonds. The first kappa shape index (κ1) is 18.2. The zero-order valence-electron chi connectivity index (χ0n) is 15.4. The highest BCUT2D eigenvalue weighted by Crippen LogP contribution is 2.22. The molecular formula is C20H26N4O2. The molecule has 1 aromatic heterocycles. The summed E-state index contributed by atoms with van der Waals surface area (Å²) in [5.74, 6) is 1.81. The van der Waals surface area contributed by atoms with Crippen LogP contribution in [0.3, 0.4) is 0 Å². The van der Waals surface area contributed by atoms with Crippen LogP contribution in [0.5, 0.6) is 5.75 Å². The number of nitrogens with one attached hydrogen (secondary N) is 1. The van der Waals surface area contributed by atoms with Crippen molar-refractivity contribution >= 4 is 11.7 Å². The van der Waals surface area contributed by atoms with Crippen LogP contribution < -0.4 is 15.0 Å². The van der Waals surface area contributed by atoms with Crippen LogP contribution in [0, 0.1) is 19.8 Å². The molecule has 3 rings (SSSR count). The van der Waals surface area contributed by atoms with Gasteiger partial charge in [0.05, 0.1) is 18.7 Å². The quantitative estimate of drug-likeness (QED) is 0.808. The van der Waals surface area contributed by atoms with Gasteiger partial charge >= 0.3 is 0 Å². The Kier molecular flexibility index (Phi) is 6.04. The molecule has 1 aliphatic heterocycles. The molecule has 0 aliphatic carbocycles. The molecule has 6 heteroatoms. The lowest BCUT2D eigenvalue weighted by Crippen LogP contribution is -2.44. The highest BCUT2D eigenvalue weighted by Gasteiger charge is 2.26. The lowest BCUT2D eigenvalue weighted by atomic mass is 9.97. The Morgan fingerprint density at radius 3 is 2.85 bits per heavy atom. The van der Waals surface area contributed by atoms with Gasteiger partial charge in [-0.05, 0) is 37.8 Å². The normalized spacial score (nSPS) is 17.0. The molecule has 2 aromatic rings. The van der Waals surface area contributed by atoms with E-state index in [2.05, 4.69) is 20.2 Å². The van der Waals surface area contributed by atoms with Crippen LogP contribution in [0.4, 0.5) is 5.82 Å². The third kappa shape index (κ3) is 4.50. The fraction of sp³-hybridized carbons (Fsp3) is 0.450. The van der Waals surface area contributed by atoms with Crippen LogP contribution in [0.15, 0.2) is 36.8 Å². The molecule has 26 heavy (non-hydrogen) atoms. The number of para-hydroxylation sites is 1. The summed E-state index contributed by atoms with van der Waals surface area (Å²) >= 11 is 0. The molecule has 0 unspecified atom stereocenters. The molecular weight excluding hydrogens is 328 g/mol. The number of nitrogens with zero attached hydrogens (tertiary/aromatic N) is 3. The number of hydrogen-bond acceptors (Lipinski definition) is 5. The number of aryl methyl sites for hydroxylation is 2. The first-order chi connectivity index (χ1) is 12.6. The number of piperidine rings is 1. The van der Waals surface area contributed by atoms with Crippen molar-refractivity contribution in [3.63, 3.8) is 0 Å².